The molecule has 1 amide bonds. The highest BCUT2D eigenvalue weighted by atomic mass is 79.9. The first-order chi connectivity index (χ1) is 16.4. The zero-order valence-electron chi connectivity index (χ0n) is 18.6. The number of ketones is 1. The quantitative estimate of drug-likeness (QED) is 0.197. The van der Waals surface area contributed by atoms with Gasteiger partial charge in [0, 0.05) is 33.7 Å². The van der Waals surface area contributed by atoms with E-state index in [1.807, 2.05) is 73.8 Å². The molecule has 1 atom stereocenters. The summed E-state index contributed by atoms with van der Waals surface area (Å²) in [7, 11) is 0. The predicted molar refractivity (Wildman–Crippen MR) is 136 cm³/mol. The molecule has 2 N–H and O–H groups in total. The van der Waals surface area contributed by atoms with Crippen molar-refractivity contribution in [2.45, 2.75) is 19.4 Å². The number of aliphatic hydroxyl groups is 1. The largest absolute Gasteiger partial charge is 0.507 e. The van der Waals surface area contributed by atoms with Crippen molar-refractivity contribution in [3.63, 3.8) is 0 Å². The number of para-hydroxylation sites is 1. The standard InChI is InChI=1S/C28H23BrN2O3/c1-17-9-11-18(12-10-17)26(32)24-25(19-5-4-6-21(29)15-19)31(28(34)27(24)33)14-13-20-16-30-23-8-3-2-7-22(20)23/h2-12,15-16,25,30,32H,13-14H2,1H3/b26-24-. The van der Waals surface area contributed by atoms with E-state index in [-0.39, 0.29) is 11.3 Å². The number of carbonyl (C=O) groups excluding carboxylic acids is 2. The van der Waals surface area contributed by atoms with Gasteiger partial charge < -0.3 is 15.0 Å². The highest BCUT2D eigenvalue weighted by Crippen LogP contribution is 2.40. The molecule has 1 aromatic heterocycles. The molecule has 0 bridgehead atoms. The molecule has 0 saturated carbocycles. The number of halogens is 1. The van der Waals surface area contributed by atoms with Crippen LogP contribution in [-0.2, 0) is 16.0 Å². The van der Waals surface area contributed by atoms with Gasteiger partial charge >= 0.3 is 0 Å². The number of hydrogen-bond donors (Lipinski definition) is 2. The van der Waals surface area contributed by atoms with E-state index in [2.05, 4.69) is 20.9 Å². The Kier molecular flexibility index (Phi) is 5.84. The van der Waals surface area contributed by atoms with Crippen molar-refractivity contribution in [3.8, 4) is 0 Å². The minimum absolute atomic E-state index is 0.117. The molecule has 4 aromatic rings. The van der Waals surface area contributed by atoms with Crippen LogP contribution < -0.4 is 0 Å². The third-order valence-corrected chi connectivity index (χ3v) is 6.82. The van der Waals surface area contributed by atoms with Crippen LogP contribution >= 0.6 is 15.9 Å². The molecule has 170 valence electrons. The number of Topliss-reactive ketones (excluding diaryl/α,β-unsaturated/α-hetero) is 1. The summed E-state index contributed by atoms with van der Waals surface area (Å²) in [5, 5.41) is 12.3. The summed E-state index contributed by atoms with van der Waals surface area (Å²) in [5.74, 6) is -1.42. The number of H-pyrrole nitrogens is 1. The zero-order valence-corrected chi connectivity index (χ0v) is 20.2. The number of aliphatic hydroxyl groups excluding tert-OH is 1. The van der Waals surface area contributed by atoms with Crippen LogP contribution in [-0.4, -0.2) is 33.2 Å². The summed E-state index contributed by atoms with van der Waals surface area (Å²) < 4.78 is 0.836. The van der Waals surface area contributed by atoms with Gasteiger partial charge in [0.05, 0.1) is 11.6 Å². The summed E-state index contributed by atoms with van der Waals surface area (Å²) in [6.45, 7) is 2.29. The molecule has 0 spiro atoms. The van der Waals surface area contributed by atoms with Crippen LogP contribution in [0.25, 0.3) is 16.7 Å². The molecule has 1 aliphatic heterocycles. The van der Waals surface area contributed by atoms with E-state index >= 15 is 0 Å². The van der Waals surface area contributed by atoms with Crippen molar-refractivity contribution >= 4 is 44.3 Å². The predicted octanol–water partition coefficient (Wildman–Crippen LogP) is 5.90. The van der Waals surface area contributed by atoms with E-state index in [9.17, 15) is 14.7 Å². The molecule has 34 heavy (non-hydrogen) atoms. The van der Waals surface area contributed by atoms with E-state index in [0.29, 0.717) is 18.5 Å². The van der Waals surface area contributed by atoms with Crippen molar-refractivity contribution in [2.24, 2.45) is 0 Å². The number of carbonyl (C=O) groups is 2. The van der Waals surface area contributed by atoms with Crippen LogP contribution in [0.5, 0.6) is 0 Å². The highest BCUT2D eigenvalue weighted by molar-refractivity contribution is 9.10. The summed E-state index contributed by atoms with van der Waals surface area (Å²) in [5.41, 5.74) is 4.54. The van der Waals surface area contributed by atoms with E-state index in [0.717, 1.165) is 32.1 Å². The monoisotopic (exact) mass is 514 g/mol. The molecule has 1 unspecified atom stereocenters. The summed E-state index contributed by atoms with van der Waals surface area (Å²) in [4.78, 5) is 31.3. The Balaban J connectivity index is 1.57. The summed E-state index contributed by atoms with van der Waals surface area (Å²) in [6.07, 6.45) is 2.52. The van der Waals surface area contributed by atoms with Gasteiger partial charge in [-0.05, 0) is 42.7 Å². The maximum Gasteiger partial charge on any atom is 0.295 e. The van der Waals surface area contributed by atoms with Gasteiger partial charge in [0.1, 0.15) is 5.76 Å². The molecule has 3 aromatic carbocycles. The van der Waals surface area contributed by atoms with Crippen molar-refractivity contribution in [3.05, 3.63) is 111 Å². The van der Waals surface area contributed by atoms with Crippen LogP contribution in [0.4, 0.5) is 0 Å². The lowest BCUT2D eigenvalue weighted by Gasteiger charge is -2.25. The molecule has 5 nitrogen and oxygen atoms in total. The topological polar surface area (TPSA) is 73.4 Å². The van der Waals surface area contributed by atoms with Gasteiger partial charge in [0.2, 0.25) is 0 Å². The number of hydrogen-bond acceptors (Lipinski definition) is 3. The third-order valence-electron chi connectivity index (χ3n) is 6.33. The average Bonchev–Trinajstić information content (AvgIpc) is 3.36. The van der Waals surface area contributed by atoms with Crippen molar-refractivity contribution < 1.29 is 14.7 Å². The Hall–Kier alpha value is -3.64. The van der Waals surface area contributed by atoms with E-state index in [1.165, 1.54) is 0 Å². The molecule has 2 heterocycles. The maximum absolute atomic E-state index is 13.2. The highest BCUT2D eigenvalue weighted by Gasteiger charge is 2.45. The van der Waals surface area contributed by atoms with Crippen LogP contribution in [0.1, 0.15) is 28.3 Å². The smallest absolute Gasteiger partial charge is 0.295 e. The molecule has 5 rings (SSSR count). The SMILES string of the molecule is Cc1ccc(/C(O)=C2/C(=O)C(=O)N(CCc3c[nH]c4ccccc34)C2c2cccc(Br)c2)cc1. The summed E-state index contributed by atoms with van der Waals surface area (Å²) in [6, 6.07) is 22.1. The molecule has 0 radical (unpaired) electrons. The van der Waals surface area contributed by atoms with Crippen molar-refractivity contribution in [1.29, 1.82) is 0 Å². The van der Waals surface area contributed by atoms with E-state index in [4.69, 9.17) is 0 Å². The Morgan fingerprint density at radius 2 is 1.79 bits per heavy atom. The number of rotatable bonds is 5. The number of benzene rings is 3. The van der Waals surface area contributed by atoms with Gasteiger partial charge in [-0.2, -0.15) is 0 Å². The minimum Gasteiger partial charge on any atom is -0.507 e. The number of nitrogens with zero attached hydrogens (tertiary/aromatic N) is 1. The number of fused-ring (bicyclic) bond motifs is 1. The van der Waals surface area contributed by atoms with Crippen LogP contribution in [0.15, 0.2) is 89.0 Å². The van der Waals surface area contributed by atoms with Gasteiger partial charge in [-0.3, -0.25) is 9.59 Å². The Labute approximate surface area is 205 Å². The lowest BCUT2D eigenvalue weighted by Crippen LogP contribution is -2.31. The second-order valence-corrected chi connectivity index (χ2v) is 9.44. The van der Waals surface area contributed by atoms with Crippen molar-refractivity contribution in [2.75, 3.05) is 6.54 Å². The Bertz CT molecular complexity index is 1440. The third kappa shape index (κ3) is 3.94. The number of likely N-dealkylation sites (tertiary alicyclic amines) is 1. The average molecular weight is 515 g/mol. The first-order valence-corrected chi connectivity index (χ1v) is 11.9. The molecular formula is C28H23BrN2O3. The number of nitrogens with one attached hydrogen (secondary N) is 1. The first kappa shape index (κ1) is 22.2. The Morgan fingerprint density at radius 3 is 2.56 bits per heavy atom. The molecule has 6 heteroatoms. The molecular weight excluding hydrogens is 492 g/mol. The van der Waals surface area contributed by atoms with Gasteiger partial charge in [-0.1, -0.05) is 76.1 Å². The lowest BCUT2D eigenvalue weighted by atomic mass is 9.95. The fourth-order valence-corrected chi connectivity index (χ4v) is 5.00. The van der Waals surface area contributed by atoms with Gasteiger partial charge in [0.15, 0.2) is 0 Å². The van der Waals surface area contributed by atoms with Crippen molar-refractivity contribution in [1.82, 2.24) is 9.88 Å². The van der Waals surface area contributed by atoms with E-state index < -0.39 is 17.7 Å². The number of aromatic amines is 1. The molecule has 0 aliphatic carbocycles. The second kappa shape index (κ2) is 8.95. The zero-order chi connectivity index (χ0) is 23.8. The van der Waals surface area contributed by atoms with Gasteiger partial charge in [-0.15, -0.1) is 0 Å². The van der Waals surface area contributed by atoms with Crippen LogP contribution in [0.2, 0.25) is 0 Å². The Morgan fingerprint density at radius 1 is 1.03 bits per heavy atom. The lowest BCUT2D eigenvalue weighted by molar-refractivity contribution is -0.139. The van der Waals surface area contributed by atoms with Gasteiger partial charge in [-0.25, -0.2) is 0 Å². The number of aryl methyl sites for hydroxylation is 1. The normalized spacial score (nSPS) is 17.6. The fourth-order valence-electron chi connectivity index (χ4n) is 4.58. The second-order valence-electron chi connectivity index (χ2n) is 8.52. The number of amides is 1. The van der Waals surface area contributed by atoms with E-state index in [1.54, 1.807) is 17.0 Å². The minimum atomic E-state index is -0.677. The van der Waals surface area contributed by atoms with Gasteiger partial charge in [0.25, 0.3) is 11.7 Å². The maximum atomic E-state index is 13.2. The molecule has 1 aliphatic rings. The molecule has 1 saturated heterocycles. The molecule has 1 fully saturated rings. The van der Waals surface area contributed by atoms with Crippen LogP contribution in [0.3, 0.4) is 0 Å². The fraction of sp³-hybridized carbons (Fsp3) is 0.143. The number of aromatic nitrogens is 1. The van der Waals surface area contributed by atoms with Crippen LogP contribution in [0, 0.1) is 6.92 Å². The summed E-state index contributed by atoms with van der Waals surface area (Å²) >= 11 is 3.50. The first-order valence-electron chi connectivity index (χ1n) is 11.1.